The Hall–Kier alpha value is -3.19. The third-order valence-electron chi connectivity index (χ3n) is 6.95. The number of aliphatic hydroxyl groups excluding tert-OH is 1. The highest BCUT2D eigenvalue weighted by Crippen LogP contribution is 2.31. The smallest absolute Gasteiger partial charge is 0.254 e. The molecule has 3 atom stereocenters. The van der Waals surface area contributed by atoms with Crippen molar-refractivity contribution in [3.8, 4) is 16.9 Å². The minimum atomic E-state index is -0.324. The van der Waals surface area contributed by atoms with Gasteiger partial charge in [0.15, 0.2) is 0 Å². The highest BCUT2D eigenvalue weighted by molar-refractivity contribution is 6.01. The zero-order valence-electron chi connectivity index (χ0n) is 21.3. The molecule has 4 rings (SSSR count). The molecule has 1 amide bonds. The number of phenols is 1. The van der Waals surface area contributed by atoms with Gasteiger partial charge in [-0.1, -0.05) is 61.5 Å². The fourth-order valence-corrected chi connectivity index (χ4v) is 4.89. The van der Waals surface area contributed by atoms with Crippen LogP contribution in [0.5, 0.6) is 5.75 Å². The first-order valence-electron chi connectivity index (χ1n) is 12.5. The van der Waals surface area contributed by atoms with Crippen molar-refractivity contribution < 1.29 is 19.7 Å². The second-order valence-corrected chi connectivity index (χ2v) is 9.89. The van der Waals surface area contributed by atoms with Gasteiger partial charge in [-0.25, -0.2) is 0 Å². The molecule has 1 aliphatic heterocycles. The number of carbonyl (C=O) groups is 1. The summed E-state index contributed by atoms with van der Waals surface area (Å²) in [4.78, 5) is 17.8. The van der Waals surface area contributed by atoms with Crippen LogP contribution >= 0.6 is 0 Å². The molecule has 2 N–H and O–H groups in total. The predicted octanol–water partition coefficient (Wildman–Crippen LogP) is 4.55. The van der Waals surface area contributed by atoms with Crippen LogP contribution in [0.15, 0.2) is 72.8 Å². The van der Waals surface area contributed by atoms with Crippen LogP contribution in [0.3, 0.4) is 0 Å². The first kappa shape index (κ1) is 25.9. The Kier molecular flexibility index (Phi) is 8.41. The molecule has 0 fully saturated rings. The van der Waals surface area contributed by atoms with Crippen molar-refractivity contribution in [2.24, 2.45) is 5.92 Å². The van der Waals surface area contributed by atoms with Gasteiger partial charge in [-0.05, 0) is 54.4 Å². The quantitative estimate of drug-likeness (QED) is 0.533. The predicted molar refractivity (Wildman–Crippen MR) is 142 cm³/mol. The van der Waals surface area contributed by atoms with Crippen LogP contribution in [-0.2, 0) is 17.9 Å². The first-order valence-corrected chi connectivity index (χ1v) is 12.5. The number of hydrogen-bond donors (Lipinski definition) is 2. The molecule has 0 spiro atoms. The molecule has 3 aromatic rings. The highest BCUT2D eigenvalue weighted by atomic mass is 16.5. The molecule has 0 saturated carbocycles. The SMILES string of the molecule is C[C@@H]1CN([C@H](C)CO)C(=O)c2ccccc2-c2ccccc2CO[C@@H]1CN(C)Cc1cccc(O)c1. The highest BCUT2D eigenvalue weighted by Gasteiger charge is 2.30. The standard InChI is InChI=1S/C30H36N2O4/c1-21-16-32(22(2)19-33)30(35)28-14-7-6-13-27(28)26-12-5-4-10-24(26)20-36-29(21)18-31(3)17-23-9-8-11-25(34)15-23/h4-15,21-22,29,33-34H,16-20H2,1-3H3/t21-,22-,29-/m1/s1. The van der Waals surface area contributed by atoms with Crippen molar-refractivity contribution in [2.45, 2.75) is 39.1 Å². The lowest BCUT2D eigenvalue weighted by atomic mass is 9.94. The van der Waals surface area contributed by atoms with Gasteiger partial charge in [0.05, 0.1) is 25.4 Å². The Morgan fingerprint density at radius 1 is 1.03 bits per heavy atom. The van der Waals surface area contributed by atoms with Crippen molar-refractivity contribution >= 4 is 5.91 Å². The van der Waals surface area contributed by atoms with E-state index in [0.717, 1.165) is 22.3 Å². The van der Waals surface area contributed by atoms with Crippen molar-refractivity contribution in [1.29, 1.82) is 0 Å². The molecule has 0 radical (unpaired) electrons. The van der Waals surface area contributed by atoms with E-state index in [1.807, 2.05) is 68.6 Å². The Morgan fingerprint density at radius 2 is 1.72 bits per heavy atom. The number of hydrogen-bond acceptors (Lipinski definition) is 5. The molecule has 0 unspecified atom stereocenters. The number of aliphatic hydroxyl groups is 1. The number of rotatable bonds is 6. The van der Waals surface area contributed by atoms with Crippen LogP contribution in [0.4, 0.5) is 0 Å². The number of benzene rings is 3. The van der Waals surface area contributed by atoms with E-state index < -0.39 is 0 Å². The van der Waals surface area contributed by atoms with E-state index in [1.165, 1.54) is 0 Å². The summed E-state index contributed by atoms with van der Waals surface area (Å²) in [7, 11) is 2.04. The molecule has 0 aromatic heterocycles. The third kappa shape index (κ3) is 5.95. The van der Waals surface area contributed by atoms with Gasteiger partial charge in [0.25, 0.3) is 5.91 Å². The Bertz CT molecular complexity index is 1180. The van der Waals surface area contributed by atoms with Crippen LogP contribution < -0.4 is 0 Å². The molecule has 0 saturated heterocycles. The van der Waals surface area contributed by atoms with Crippen LogP contribution in [-0.4, -0.2) is 64.8 Å². The van der Waals surface area contributed by atoms with E-state index in [0.29, 0.717) is 31.8 Å². The van der Waals surface area contributed by atoms with Gasteiger partial charge in [0.2, 0.25) is 0 Å². The second kappa shape index (κ2) is 11.7. The average Bonchev–Trinajstić information content (AvgIpc) is 2.89. The summed E-state index contributed by atoms with van der Waals surface area (Å²) in [5.74, 6) is 0.193. The molecule has 0 aliphatic carbocycles. The maximum absolute atomic E-state index is 13.9. The number of phenolic OH excluding ortho intramolecular Hbond substituents is 1. The van der Waals surface area contributed by atoms with Crippen LogP contribution in [0.25, 0.3) is 11.1 Å². The van der Waals surface area contributed by atoms with Gasteiger partial charge in [0.1, 0.15) is 5.75 Å². The van der Waals surface area contributed by atoms with Crippen LogP contribution in [0, 0.1) is 5.92 Å². The monoisotopic (exact) mass is 488 g/mol. The molecule has 0 bridgehead atoms. The van der Waals surface area contributed by atoms with Gasteiger partial charge < -0.3 is 19.8 Å². The topological polar surface area (TPSA) is 73.2 Å². The molecule has 1 aliphatic rings. The number of ether oxygens (including phenoxy) is 1. The van der Waals surface area contributed by atoms with Crippen molar-refractivity contribution in [3.63, 3.8) is 0 Å². The summed E-state index contributed by atoms with van der Waals surface area (Å²) in [6.07, 6.45) is -0.150. The van der Waals surface area contributed by atoms with E-state index in [1.54, 1.807) is 17.0 Å². The van der Waals surface area contributed by atoms with Crippen molar-refractivity contribution in [2.75, 3.05) is 26.7 Å². The number of carbonyl (C=O) groups excluding carboxylic acids is 1. The molecule has 3 aromatic carbocycles. The van der Waals surface area contributed by atoms with E-state index >= 15 is 0 Å². The normalized spacial score (nSPS) is 19.4. The third-order valence-corrected chi connectivity index (χ3v) is 6.95. The Labute approximate surface area is 213 Å². The van der Waals surface area contributed by atoms with E-state index in [4.69, 9.17) is 4.74 Å². The van der Waals surface area contributed by atoms with Gasteiger partial charge in [-0.3, -0.25) is 9.69 Å². The lowest BCUT2D eigenvalue weighted by molar-refractivity contribution is -0.0241. The summed E-state index contributed by atoms with van der Waals surface area (Å²) in [5, 5.41) is 19.8. The van der Waals surface area contributed by atoms with E-state index in [2.05, 4.69) is 17.9 Å². The average molecular weight is 489 g/mol. The minimum absolute atomic E-state index is 0.0204. The second-order valence-electron chi connectivity index (χ2n) is 9.89. The molecule has 6 heteroatoms. The van der Waals surface area contributed by atoms with E-state index in [-0.39, 0.29) is 36.3 Å². The first-order chi connectivity index (χ1) is 17.4. The van der Waals surface area contributed by atoms with E-state index in [9.17, 15) is 15.0 Å². The minimum Gasteiger partial charge on any atom is -0.508 e. The van der Waals surface area contributed by atoms with Crippen molar-refractivity contribution in [3.05, 3.63) is 89.5 Å². The lowest BCUT2D eigenvalue weighted by Gasteiger charge is -2.35. The molecule has 6 nitrogen and oxygen atoms in total. The fraction of sp³-hybridized carbons (Fsp3) is 0.367. The molecule has 1 heterocycles. The van der Waals surface area contributed by atoms with Gasteiger partial charge in [-0.2, -0.15) is 0 Å². The maximum Gasteiger partial charge on any atom is 0.254 e. The fourth-order valence-electron chi connectivity index (χ4n) is 4.89. The van der Waals surface area contributed by atoms with Gasteiger partial charge >= 0.3 is 0 Å². The Morgan fingerprint density at radius 3 is 2.44 bits per heavy atom. The number of amides is 1. The van der Waals surface area contributed by atoms with Gasteiger partial charge in [0, 0.05) is 31.1 Å². The largest absolute Gasteiger partial charge is 0.508 e. The molecule has 190 valence electrons. The number of likely N-dealkylation sites (N-methyl/N-ethyl adjacent to an activating group) is 1. The number of aromatic hydroxyl groups is 1. The van der Waals surface area contributed by atoms with Crippen molar-refractivity contribution in [1.82, 2.24) is 9.80 Å². The van der Waals surface area contributed by atoms with Crippen LogP contribution in [0.1, 0.15) is 35.3 Å². The van der Waals surface area contributed by atoms with Crippen LogP contribution in [0.2, 0.25) is 0 Å². The zero-order chi connectivity index (χ0) is 25.7. The lowest BCUT2D eigenvalue weighted by Crippen LogP contribution is -2.47. The summed E-state index contributed by atoms with van der Waals surface area (Å²) in [5.41, 5.74) is 4.56. The van der Waals surface area contributed by atoms with Gasteiger partial charge in [-0.15, -0.1) is 0 Å². The summed E-state index contributed by atoms with van der Waals surface area (Å²) in [6.45, 7) is 6.09. The number of nitrogens with zero attached hydrogens (tertiary/aromatic N) is 2. The zero-order valence-corrected chi connectivity index (χ0v) is 21.3. The summed E-state index contributed by atoms with van der Waals surface area (Å²) >= 11 is 0. The maximum atomic E-state index is 13.9. The molecular weight excluding hydrogens is 452 g/mol. The summed E-state index contributed by atoms with van der Waals surface area (Å²) < 4.78 is 6.57. The number of fused-ring (bicyclic) bond motifs is 3. The Balaban J connectivity index is 1.67. The molecular formula is C30H36N2O4. The molecule has 36 heavy (non-hydrogen) atoms. The summed E-state index contributed by atoms with van der Waals surface area (Å²) in [6, 6.07) is 22.7.